The van der Waals surface area contributed by atoms with E-state index in [-0.39, 0.29) is 19.1 Å². The quantitative estimate of drug-likeness (QED) is 0.764. The Labute approximate surface area is 125 Å². The van der Waals surface area contributed by atoms with Crippen molar-refractivity contribution in [1.29, 1.82) is 0 Å². The number of aliphatic hydroxyl groups is 1. The van der Waals surface area contributed by atoms with Crippen LogP contribution in [0.1, 0.15) is 26.3 Å². The van der Waals surface area contributed by atoms with Crippen molar-refractivity contribution < 1.29 is 22.7 Å². The first-order chi connectivity index (χ1) is 9.81. The number of aliphatic hydroxyl groups excluding tert-OH is 1. The second-order valence-electron chi connectivity index (χ2n) is 5.05. The van der Waals surface area contributed by atoms with Crippen LogP contribution in [0.2, 0.25) is 0 Å². The zero-order valence-electron chi connectivity index (χ0n) is 12.5. The number of hydrogen-bond donors (Lipinski definition) is 2. The smallest absolute Gasteiger partial charge is 0.243 e. The molecular formula is C14H22FNO4S. The van der Waals surface area contributed by atoms with Crippen LogP contribution in [0.15, 0.2) is 23.1 Å². The Morgan fingerprint density at radius 2 is 2.05 bits per heavy atom. The minimum absolute atomic E-state index is 0.00565. The third-order valence-electron chi connectivity index (χ3n) is 3.08. The predicted octanol–water partition coefficient (Wildman–Crippen LogP) is 1.66. The zero-order chi connectivity index (χ0) is 16.0. The monoisotopic (exact) mass is 319 g/mol. The summed E-state index contributed by atoms with van der Waals surface area (Å²) in [7, 11) is -3.98. The summed E-state index contributed by atoms with van der Waals surface area (Å²) in [5.41, 5.74) is 0.321. The van der Waals surface area contributed by atoms with Crippen molar-refractivity contribution in [1.82, 2.24) is 4.72 Å². The van der Waals surface area contributed by atoms with E-state index in [0.717, 1.165) is 12.1 Å². The van der Waals surface area contributed by atoms with Crippen LogP contribution < -0.4 is 4.72 Å². The lowest BCUT2D eigenvalue weighted by molar-refractivity contribution is 0.116. The topological polar surface area (TPSA) is 75.6 Å². The molecule has 0 bridgehead atoms. The number of nitrogens with one attached hydrogen (secondary N) is 1. The molecule has 21 heavy (non-hydrogen) atoms. The van der Waals surface area contributed by atoms with Gasteiger partial charge in [-0.05, 0) is 30.5 Å². The van der Waals surface area contributed by atoms with Crippen LogP contribution in [0.3, 0.4) is 0 Å². The summed E-state index contributed by atoms with van der Waals surface area (Å²) in [6, 6.07) is 3.11. The number of halogens is 1. The van der Waals surface area contributed by atoms with Gasteiger partial charge in [0.05, 0.1) is 13.2 Å². The molecule has 1 rings (SSSR count). The van der Waals surface area contributed by atoms with Crippen LogP contribution in [-0.2, 0) is 21.4 Å². The summed E-state index contributed by atoms with van der Waals surface area (Å²) in [6.45, 7) is 5.89. The summed E-state index contributed by atoms with van der Waals surface area (Å²) in [4.78, 5) is -0.429. The summed E-state index contributed by atoms with van der Waals surface area (Å²) in [5, 5.41) is 8.92. The maximum Gasteiger partial charge on any atom is 0.243 e. The number of hydrogen-bond acceptors (Lipinski definition) is 4. The first kappa shape index (κ1) is 18.0. The molecule has 0 aliphatic rings. The summed E-state index contributed by atoms with van der Waals surface area (Å²) in [6.07, 6.45) is 0. The number of benzene rings is 1. The Morgan fingerprint density at radius 1 is 1.38 bits per heavy atom. The molecule has 1 unspecified atom stereocenters. The fraction of sp³-hybridized carbons (Fsp3) is 0.571. The van der Waals surface area contributed by atoms with Gasteiger partial charge >= 0.3 is 0 Å². The van der Waals surface area contributed by atoms with Crippen molar-refractivity contribution in [2.45, 2.75) is 38.3 Å². The van der Waals surface area contributed by atoms with E-state index in [1.165, 1.54) is 6.07 Å². The van der Waals surface area contributed by atoms with Gasteiger partial charge in [-0.15, -0.1) is 0 Å². The highest BCUT2D eigenvalue weighted by Gasteiger charge is 2.25. The Hall–Kier alpha value is -1.02. The van der Waals surface area contributed by atoms with Gasteiger partial charge in [0.15, 0.2) is 0 Å². The highest BCUT2D eigenvalue weighted by molar-refractivity contribution is 7.89. The lowest BCUT2D eigenvalue weighted by atomic mass is 10.1. The molecule has 1 atom stereocenters. The molecule has 0 heterocycles. The van der Waals surface area contributed by atoms with Gasteiger partial charge in [0.25, 0.3) is 0 Å². The van der Waals surface area contributed by atoms with Crippen LogP contribution in [0.4, 0.5) is 4.39 Å². The molecule has 0 aliphatic carbocycles. The molecule has 0 aliphatic heterocycles. The molecule has 0 radical (unpaired) electrons. The van der Waals surface area contributed by atoms with Gasteiger partial charge in [0.1, 0.15) is 10.7 Å². The summed E-state index contributed by atoms with van der Waals surface area (Å²) >= 11 is 0. The van der Waals surface area contributed by atoms with Crippen molar-refractivity contribution in [3.8, 4) is 0 Å². The van der Waals surface area contributed by atoms with Gasteiger partial charge in [-0.1, -0.05) is 19.9 Å². The molecule has 5 nitrogen and oxygen atoms in total. The Bertz CT molecular complexity index is 560. The summed E-state index contributed by atoms with van der Waals surface area (Å²) < 4.78 is 46.1. The largest absolute Gasteiger partial charge is 0.392 e. The zero-order valence-corrected chi connectivity index (χ0v) is 13.3. The number of rotatable bonds is 8. The van der Waals surface area contributed by atoms with E-state index in [1.807, 2.05) is 20.8 Å². The average molecular weight is 319 g/mol. The second-order valence-corrected chi connectivity index (χ2v) is 6.74. The van der Waals surface area contributed by atoms with E-state index < -0.39 is 26.8 Å². The third-order valence-corrected chi connectivity index (χ3v) is 4.60. The Kier molecular flexibility index (Phi) is 6.73. The minimum atomic E-state index is -3.98. The maximum absolute atomic E-state index is 13.9. The van der Waals surface area contributed by atoms with Crippen LogP contribution in [0, 0.1) is 11.7 Å². The fourth-order valence-corrected chi connectivity index (χ4v) is 3.16. The molecule has 120 valence electrons. The number of sulfonamides is 1. The van der Waals surface area contributed by atoms with E-state index >= 15 is 0 Å². The molecule has 0 amide bonds. The van der Waals surface area contributed by atoms with Gasteiger partial charge in [0, 0.05) is 12.6 Å². The van der Waals surface area contributed by atoms with Gasteiger partial charge in [-0.25, -0.2) is 17.5 Å². The van der Waals surface area contributed by atoms with Crippen LogP contribution in [0.5, 0.6) is 0 Å². The Balaban J connectivity index is 2.99. The van der Waals surface area contributed by atoms with Crippen molar-refractivity contribution in [2.75, 3.05) is 13.2 Å². The van der Waals surface area contributed by atoms with Crippen LogP contribution >= 0.6 is 0 Å². The van der Waals surface area contributed by atoms with E-state index in [9.17, 15) is 12.8 Å². The normalized spacial score (nSPS) is 13.6. The van der Waals surface area contributed by atoms with Gasteiger partial charge in [-0.3, -0.25) is 0 Å². The molecule has 0 aromatic heterocycles. The SMILES string of the molecule is CCOCC(NS(=O)(=O)c1ccc(CO)cc1F)C(C)C. The van der Waals surface area contributed by atoms with E-state index in [2.05, 4.69) is 4.72 Å². The first-order valence-corrected chi connectivity index (χ1v) is 8.29. The van der Waals surface area contributed by atoms with E-state index in [4.69, 9.17) is 9.84 Å². The molecule has 2 N–H and O–H groups in total. The highest BCUT2D eigenvalue weighted by atomic mass is 32.2. The minimum Gasteiger partial charge on any atom is -0.392 e. The fourth-order valence-electron chi connectivity index (χ4n) is 1.73. The predicted molar refractivity (Wildman–Crippen MR) is 77.8 cm³/mol. The summed E-state index contributed by atoms with van der Waals surface area (Å²) in [5.74, 6) is -0.876. The Morgan fingerprint density at radius 3 is 2.52 bits per heavy atom. The lowest BCUT2D eigenvalue weighted by Gasteiger charge is -2.22. The standard InChI is InChI=1S/C14H22FNO4S/c1-4-20-9-13(10(2)3)16-21(18,19)14-6-5-11(8-17)7-12(14)15/h5-7,10,13,16-17H,4,8-9H2,1-3H3. The van der Waals surface area contributed by atoms with Crippen LogP contribution in [0.25, 0.3) is 0 Å². The highest BCUT2D eigenvalue weighted by Crippen LogP contribution is 2.17. The van der Waals surface area contributed by atoms with E-state index in [1.54, 1.807) is 0 Å². The first-order valence-electron chi connectivity index (χ1n) is 6.81. The van der Waals surface area contributed by atoms with Gasteiger partial charge < -0.3 is 9.84 Å². The van der Waals surface area contributed by atoms with Gasteiger partial charge in [0.2, 0.25) is 10.0 Å². The third kappa shape index (κ3) is 5.03. The average Bonchev–Trinajstić information content (AvgIpc) is 2.42. The van der Waals surface area contributed by atoms with Gasteiger partial charge in [-0.2, -0.15) is 0 Å². The second kappa shape index (κ2) is 7.84. The molecule has 0 saturated heterocycles. The van der Waals surface area contributed by atoms with Crippen molar-refractivity contribution in [3.63, 3.8) is 0 Å². The maximum atomic E-state index is 13.9. The molecule has 1 aromatic carbocycles. The lowest BCUT2D eigenvalue weighted by Crippen LogP contribution is -2.42. The molecule has 0 spiro atoms. The van der Waals surface area contributed by atoms with Crippen molar-refractivity contribution >= 4 is 10.0 Å². The van der Waals surface area contributed by atoms with Crippen molar-refractivity contribution in [3.05, 3.63) is 29.6 Å². The molecule has 1 aromatic rings. The van der Waals surface area contributed by atoms with E-state index in [0.29, 0.717) is 12.2 Å². The van der Waals surface area contributed by atoms with Crippen LogP contribution in [-0.4, -0.2) is 32.8 Å². The number of ether oxygens (including phenoxy) is 1. The molecule has 0 saturated carbocycles. The molecule has 7 heteroatoms. The molecule has 0 fully saturated rings. The van der Waals surface area contributed by atoms with Crippen molar-refractivity contribution in [2.24, 2.45) is 5.92 Å². The molecular weight excluding hydrogens is 297 g/mol.